The van der Waals surface area contributed by atoms with E-state index in [0.717, 1.165) is 11.1 Å². The van der Waals surface area contributed by atoms with E-state index in [1.54, 1.807) is 12.1 Å². The smallest absolute Gasteiger partial charge is 0.346 e. The highest BCUT2D eigenvalue weighted by molar-refractivity contribution is 5.77. The quantitative estimate of drug-likeness (QED) is 0.394. The number of nitrogens with zero attached hydrogens (tertiary/aromatic N) is 2. The maximum atomic E-state index is 12.6. The average molecular weight is 418 g/mol. The number of hydrogen-bond acceptors (Lipinski definition) is 5. The van der Waals surface area contributed by atoms with Crippen molar-refractivity contribution < 1.29 is 19.4 Å². The third kappa shape index (κ3) is 4.98. The third-order valence-electron chi connectivity index (χ3n) is 5.00. The lowest BCUT2D eigenvalue weighted by Crippen LogP contribution is -2.52. The molecule has 0 saturated carbocycles. The highest BCUT2D eigenvalue weighted by atomic mass is 16.5. The lowest BCUT2D eigenvalue weighted by molar-refractivity contribution is -0.149. The minimum Gasteiger partial charge on any atom is -0.478 e. The van der Waals surface area contributed by atoms with Gasteiger partial charge < -0.3 is 14.6 Å². The van der Waals surface area contributed by atoms with E-state index in [0.29, 0.717) is 11.4 Å². The van der Waals surface area contributed by atoms with Gasteiger partial charge in [-0.05, 0) is 31.0 Å². The number of carboxylic acids is 1. The fraction of sp³-hybridized carbons (Fsp3) is 0.240. The summed E-state index contributed by atoms with van der Waals surface area (Å²) in [6, 6.07) is 20.6. The minimum absolute atomic E-state index is 0.0184. The predicted octanol–water partition coefficient (Wildman–Crippen LogP) is 4.11. The molecular formula is C25H26N2O4. The van der Waals surface area contributed by atoms with Crippen LogP contribution < -0.4 is 4.74 Å². The van der Waals surface area contributed by atoms with E-state index in [9.17, 15) is 9.90 Å². The lowest BCUT2D eigenvalue weighted by Gasteiger charge is -2.38. The van der Waals surface area contributed by atoms with Gasteiger partial charge in [-0.3, -0.25) is 0 Å². The lowest BCUT2D eigenvalue weighted by atomic mass is 9.70. The molecule has 2 aromatic carbocycles. The molecule has 31 heavy (non-hydrogen) atoms. The first-order chi connectivity index (χ1) is 15.0. The molecule has 0 aliphatic carbocycles. The molecule has 3 aromatic rings. The zero-order valence-electron chi connectivity index (χ0n) is 17.7. The molecule has 1 atom stereocenters. The van der Waals surface area contributed by atoms with E-state index in [4.69, 9.17) is 9.47 Å². The summed E-state index contributed by atoms with van der Waals surface area (Å²) >= 11 is 0. The Balaban J connectivity index is 2.21. The Morgan fingerprint density at radius 1 is 1.03 bits per heavy atom. The standard InChI is InChI=1S/C25H26N2O4/c1-4-15-30-17-25(20-11-7-5-8-12-20,21-13-9-6-10-14-21)22(23(28)29)31-24-26-18(2)16-19(3)27-24/h4-14,16,22H,1,15,17H2,2-3H3,(H,28,29). The van der Waals surface area contributed by atoms with Gasteiger partial charge in [0.15, 0.2) is 0 Å². The SMILES string of the molecule is C=CCOCC(c1ccccc1)(c1ccccc1)C(Oc1nc(C)cc(C)n1)C(=O)O. The highest BCUT2D eigenvalue weighted by Crippen LogP contribution is 2.38. The Morgan fingerprint density at radius 2 is 1.55 bits per heavy atom. The predicted molar refractivity (Wildman–Crippen MR) is 118 cm³/mol. The molecule has 1 heterocycles. The van der Waals surface area contributed by atoms with Gasteiger partial charge in [-0.25, -0.2) is 14.8 Å². The average Bonchev–Trinajstić information content (AvgIpc) is 2.76. The number of ether oxygens (including phenoxy) is 2. The number of hydrogen-bond donors (Lipinski definition) is 1. The van der Waals surface area contributed by atoms with Crippen LogP contribution in [0.5, 0.6) is 6.01 Å². The van der Waals surface area contributed by atoms with Crippen LogP contribution in [0.1, 0.15) is 22.5 Å². The zero-order valence-corrected chi connectivity index (χ0v) is 17.7. The van der Waals surface area contributed by atoms with Gasteiger partial charge in [-0.15, -0.1) is 6.58 Å². The Hall–Kier alpha value is -3.51. The monoisotopic (exact) mass is 418 g/mol. The molecule has 1 unspecified atom stereocenters. The van der Waals surface area contributed by atoms with Gasteiger partial charge in [0, 0.05) is 11.4 Å². The third-order valence-corrected chi connectivity index (χ3v) is 5.00. The Morgan fingerprint density at radius 3 is 2.00 bits per heavy atom. The van der Waals surface area contributed by atoms with E-state index in [-0.39, 0.29) is 19.2 Å². The van der Waals surface area contributed by atoms with Gasteiger partial charge in [0.1, 0.15) is 0 Å². The second-order valence-corrected chi connectivity index (χ2v) is 7.28. The number of rotatable bonds is 10. The van der Waals surface area contributed by atoms with Crippen molar-refractivity contribution in [3.05, 3.63) is 102 Å². The molecule has 160 valence electrons. The number of aromatic nitrogens is 2. The Labute approximate surface area is 182 Å². The molecule has 0 bridgehead atoms. The van der Waals surface area contributed by atoms with Crippen LogP contribution in [0.3, 0.4) is 0 Å². The summed E-state index contributed by atoms with van der Waals surface area (Å²) in [5.74, 6) is -1.14. The van der Waals surface area contributed by atoms with E-state index in [2.05, 4.69) is 16.5 Å². The van der Waals surface area contributed by atoms with E-state index >= 15 is 0 Å². The van der Waals surface area contributed by atoms with Crippen molar-refractivity contribution in [2.75, 3.05) is 13.2 Å². The summed E-state index contributed by atoms with van der Waals surface area (Å²) in [6.07, 6.45) is 0.285. The maximum Gasteiger partial charge on any atom is 0.346 e. The molecule has 0 radical (unpaired) electrons. The van der Waals surface area contributed by atoms with Crippen molar-refractivity contribution in [3.8, 4) is 6.01 Å². The number of carbonyl (C=O) groups is 1. The van der Waals surface area contributed by atoms with E-state index in [1.807, 2.05) is 74.5 Å². The molecule has 0 aliphatic rings. The number of aliphatic carboxylic acids is 1. The largest absolute Gasteiger partial charge is 0.478 e. The first-order valence-corrected chi connectivity index (χ1v) is 9.99. The van der Waals surface area contributed by atoms with Gasteiger partial charge in [0.05, 0.1) is 18.6 Å². The molecule has 0 saturated heterocycles. The van der Waals surface area contributed by atoms with Gasteiger partial charge in [0.25, 0.3) is 0 Å². The van der Waals surface area contributed by atoms with Crippen LogP contribution in [0.15, 0.2) is 79.4 Å². The molecule has 1 N–H and O–H groups in total. The molecule has 6 nitrogen and oxygen atoms in total. The fourth-order valence-corrected chi connectivity index (χ4v) is 3.70. The van der Waals surface area contributed by atoms with Crippen LogP contribution in [-0.2, 0) is 14.9 Å². The summed E-state index contributed by atoms with van der Waals surface area (Å²) in [5, 5.41) is 10.3. The molecule has 6 heteroatoms. The second kappa shape index (κ2) is 10.00. The molecular weight excluding hydrogens is 392 g/mol. The van der Waals surface area contributed by atoms with Crippen LogP contribution >= 0.6 is 0 Å². The van der Waals surface area contributed by atoms with Crippen molar-refractivity contribution >= 4 is 5.97 Å². The van der Waals surface area contributed by atoms with Crippen molar-refractivity contribution in [1.82, 2.24) is 9.97 Å². The van der Waals surface area contributed by atoms with Crippen molar-refractivity contribution in [2.45, 2.75) is 25.4 Å². The number of benzene rings is 2. The first kappa shape index (κ1) is 22.2. The Kier molecular flexibility index (Phi) is 7.15. The second-order valence-electron chi connectivity index (χ2n) is 7.28. The molecule has 3 rings (SSSR count). The fourth-order valence-electron chi connectivity index (χ4n) is 3.70. The molecule has 0 amide bonds. The van der Waals surface area contributed by atoms with Gasteiger partial charge in [-0.2, -0.15) is 0 Å². The summed E-state index contributed by atoms with van der Waals surface area (Å²) in [4.78, 5) is 21.2. The van der Waals surface area contributed by atoms with Crippen LogP contribution in [0.2, 0.25) is 0 Å². The molecule has 0 aliphatic heterocycles. The number of carboxylic acid groups (broad SMARTS) is 1. The van der Waals surface area contributed by atoms with Crippen LogP contribution in [0.4, 0.5) is 0 Å². The molecule has 0 spiro atoms. The summed E-state index contributed by atoms with van der Waals surface area (Å²) in [7, 11) is 0. The number of aryl methyl sites for hydroxylation is 2. The van der Waals surface area contributed by atoms with Gasteiger partial charge in [-0.1, -0.05) is 66.7 Å². The summed E-state index contributed by atoms with van der Waals surface area (Å²) in [5.41, 5.74) is 1.74. The Bertz CT molecular complexity index is 962. The van der Waals surface area contributed by atoms with Crippen molar-refractivity contribution in [1.29, 1.82) is 0 Å². The maximum absolute atomic E-state index is 12.6. The van der Waals surface area contributed by atoms with E-state index < -0.39 is 17.5 Å². The molecule has 0 fully saturated rings. The van der Waals surface area contributed by atoms with Gasteiger partial charge in [0.2, 0.25) is 6.10 Å². The topological polar surface area (TPSA) is 81.5 Å². The first-order valence-electron chi connectivity index (χ1n) is 9.99. The normalized spacial score (nSPS) is 12.2. The van der Waals surface area contributed by atoms with E-state index in [1.165, 1.54) is 0 Å². The minimum atomic E-state index is -1.34. The van der Waals surface area contributed by atoms with Crippen LogP contribution in [-0.4, -0.2) is 40.4 Å². The summed E-state index contributed by atoms with van der Waals surface area (Å²) in [6.45, 7) is 7.66. The summed E-state index contributed by atoms with van der Waals surface area (Å²) < 4.78 is 11.9. The van der Waals surface area contributed by atoms with Crippen molar-refractivity contribution in [3.63, 3.8) is 0 Å². The van der Waals surface area contributed by atoms with Crippen LogP contribution in [0.25, 0.3) is 0 Å². The van der Waals surface area contributed by atoms with Crippen molar-refractivity contribution in [2.24, 2.45) is 0 Å². The van der Waals surface area contributed by atoms with Crippen LogP contribution in [0, 0.1) is 13.8 Å². The van der Waals surface area contributed by atoms with Gasteiger partial charge >= 0.3 is 12.0 Å². The zero-order chi connectivity index (χ0) is 22.3. The molecule has 1 aromatic heterocycles. The highest BCUT2D eigenvalue weighted by Gasteiger charge is 2.49.